The normalized spacial score (nSPS) is 19.9. The van der Waals surface area contributed by atoms with Crippen LogP contribution in [0.25, 0.3) is 6.08 Å². The summed E-state index contributed by atoms with van der Waals surface area (Å²) >= 11 is 0.787. The summed E-state index contributed by atoms with van der Waals surface area (Å²) in [6, 6.07) is 14.4. The van der Waals surface area contributed by atoms with Gasteiger partial charge in [0.25, 0.3) is 11.1 Å². The van der Waals surface area contributed by atoms with Gasteiger partial charge in [0, 0.05) is 26.2 Å². The number of hydrogen-bond acceptors (Lipinski definition) is 7. The van der Waals surface area contributed by atoms with Crippen LogP contribution in [0.4, 0.5) is 16.2 Å². The molecule has 0 unspecified atom stereocenters. The molecule has 5 rings (SSSR count). The SMILES string of the molecule is O=C(CN1C(=O)S/C(=C/C=C/c2ccccc2)C1=O)Nc1cc(S(=O)(=O)N2CCCCC2)ccc1N1CCCCC1. The second-order valence-electron chi connectivity index (χ2n) is 10.3. The minimum atomic E-state index is -3.72. The zero-order valence-electron chi connectivity index (χ0n) is 22.8. The van der Waals surface area contributed by atoms with Crippen LogP contribution in [0.3, 0.4) is 0 Å². The van der Waals surface area contributed by atoms with Crippen molar-refractivity contribution in [1.82, 2.24) is 9.21 Å². The number of carbonyl (C=O) groups is 3. The van der Waals surface area contributed by atoms with Crippen molar-refractivity contribution in [3.8, 4) is 0 Å². The number of piperidine rings is 2. The summed E-state index contributed by atoms with van der Waals surface area (Å²) in [5.74, 6) is -1.11. The highest BCUT2D eigenvalue weighted by Gasteiger charge is 2.36. The maximum Gasteiger partial charge on any atom is 0.294 e. The van der Waals surface area contributed by atoms with Gasteiger partial charge in [-0.15, -0.1) is 0 Å². The molecule has 0 spiro atoms. The Hall–Kier alpha value is -3.41. The molecule has 0 bridgehead atoms. The summed E-state index contributed by atoms with van der Waals surface area (Å²) in [5.41, 5.74) is 2.05. The Morgan fingerprint density at radius 3 is 2.29 bits per heavy atom. The Balaban J connectivity index is 1.33. The third-order valence-corrected chi connectivity index (χ3v) is 10.2. The molecule has 0 saturated carbocycles. The standard InChI is InChI=1S/C30H34N4O5S2/c35-28(22-34-29(36)27(40-30(34)37)14-10-13-23-11-4-1-5-12-23)31-25-21-24(41(38,39)33-19-8-3-9-20-33)15-16-26(25)32-17-6-2-7-18-32/h1,4-5,10-16,21H,2-3,6-9,17-20,22H2,(H,31,35)/b13-10+,27-14+. The van der Waals surface area contributed by atoms with E-state index in [0.29, 0.717) is 18.8 Å². The number of thioether (sulfide) groups is 1. The zero-order valence-corrected chi connectivity index (χ0v) is 24.5. The van der Waals surface area contributed by atoms with E-state index in [9.17, 15) is 22.8 Å². The lowest BCUT2D eigenvalue weighted by Crippen LogP contribution is -2.37. The lowest BCUT2D eigenvalue weighted by Gasteiger charge is -2.31. The Kier molecular flexibility index (Phi) is 9.26. The van der Waals surface area contributed by atoms with Gasteiger partial charge < -0.3 is 10.2 Å². The molecule has 2 aromatic carbocycles. The number of rotatable bonds is 8. The predicted molar refractivity (Wildman–Crippen MR) is 162 cm³/mol. The first kappa shape index (κ1) is 29.1. The number of anilines is 2. The van der Waals surface area contributed by atoms with E-state index < -0.39 is 33.6 Å². The van der Waals surface area contributed by atoms with Crippen LogP contribution >= 0.6 is 11.8 Å². The van der Waals surface area contributed by atoms with Crippen LogP contribution in [0.15, 0.2) is 70.5 Å². The third kappa shape index (κ3) is 6.91. The van der Waals surface area contributed by atoms with Crippen molar-refractivity contribution in [3.63, 3.8) is 0 Å². The van der Waals surface area contributed by atoms with Crippen LogP contribution in [0, 0.1) is 0 Å². The first-order valence-corrected chi connectivity index (χ1v) is 16.2. The molecule has 3 amide bonds. The van der Waals surface area contributed by atoms with Gasteiger partial charge in [-0.2, -0.15) is 4.31 Å². The summed E-state index contributed by atoms with van der Waals surface area (Å²) in [4.78, 5) is 42.1. The molecule has 9 nitrogen and oxygen atoms in total. The number of amides is 3. The van der Waals surface area contributed by atoms with E-state index in [2.05, 4.69) is 10.2 Å². The number of allylic oxidation sites excluding steroid dienone is 2. The predicted octanol–water partition coefficient (Wildman–Crippen LogP) is 5.08. The monoisotopic (exact) mass is 594 g/mol. The largest absolute Gasteiger partial charge is 0.370 e. The molecule has 216 valence electrons. The second kappa shape index (κ2) is 13.1. The molecular formula is C30H34N4O5S2. The molecule has 3 fully saturated rings. The highest BCUT2D eigenvalue weighted by molar-refractivity contribution is 8.18. The number of nitrogens with one attached hydrogen (secondary N) is 1. The Morgan fingerprint density at radius 2 is 1.59 bits per heavy atom. The van der Waals surface area contributed by atoms with Crippen molar-refractivity contribution in [2.24, 2.45) is 0 Å². The first-order chi connectivity index (χ1) is 19.8. The maximum absolute atomic E-state index is 13.4. The van der Waals surface area contributed by atoms with E-state index in [-0.39, 0.29) is 9.80 Å². The summed E-state index contributed by atoms with van der Waals surface area (Å²) in [6.45, 7) is 2.08. The molecular weight excluding hydrogens is 560 g/mol. The quantitative estimate of drug-likeness (QED) is 0.425. The summed E-state index contributed by atoms with van der Waals surface area (Å²) in [5, 5.41) is 2.29. The molecule has 0 aliphatic carbocycles. The van der Waals surface area contributed by atoms with Gasteiger partial charge in [0.1, 0.15) is 6.54 Å². The average molecular weight is 595 g/mol. The van der Waals surface area contributed by atoms with Gasteiger partial charge in [-0.1, -0.05) is 48.9 Å². The van der Waals surface area contributed by atoms with E-state index in [4.69, 9.17) is 0 Å². The van der Waals surface area contributed by atoms with E-state index in [1.807, 2.05) is 36.4 Å². The molecule has 1 N–H and O–H groups in total. The molecule has 11 heteroatoms. The van der Waals surface area contributed by atoms with Crippen molar-refractivity contribution in [1.29, 1.82) is 0 Å². The summed E-state index contributed by atoms with van der Waals surface area (Å²) in [7, 11) is -3.72. The Labute approximate surface area is 245 Å². The minimum Gasteiger partial charge on any atom is -0.370 e. The van der Waals surface area contributed by atoms with Crippen LogP contribution in [-0.4, -0.2) is 67.4 Å². The van der Waals surface area contributed by atoms with Crippen molar-refractivity contribution in [2.75, 3.05) is 42.9 Å². The van der Waals surface area contributed by atoms with Crippen molar-refractivity contribution < 1.29 is 22.8 Å². The smallest absolute Gasteiger partial charge is 0.294 e. The van der Waals surface area contributed by atoms with E-state index in [1.54, 1.807) is 24.3 Å². The van der Waals surface area contributed by atoms with Crippen molar-refractivity contribution in [3.05, 3.63) is 71.2 Å². The lowest BCUT2D eigenvalue weighted by atomic mass is 10.1. The highest BCUT2D eigenvalue weighted by Crippen LogP contribution is 2.34. The molecule has 3 aliphatic rings. The van der Waals surface area contributed by atoms with Crippen LogP contribution in [-0.2, 0) is 19.6 Å². The van der Waals surface area contributed by atoms with E-state index in [1.165, 1.54) is 10.4 Å². The topological polar surface area (TPSA) is 107 Å². The van der Waals surface area contributed by atoms with Gasteiger partial charge in [0.2, 0.25) is 15.9 Å². The molecule has 3 aliphatic heterocycles. The molecule has 0 atom stereocenters. The van der Waals surface area contributed by atoms with Gasteiger partial charge in [0.05, 0.1) is 21.2 Å². The second-order valence-corrected chi connectivity index (χ2v) is 13.2. The van der Waals surface area contributed by atoms with Crippen LogP contribution in [0.2, 0.25) is 0 Å². The number of imide groups is 1. The fourth-order valence-electron chi connectivity index (χ4n) is 5.24. The fourth-order valence-corrected chi connectivity index (χ4v) is 7.57. The van der Waals surface area contributed by atoms with E-state index in [0.717, 1.165) is 79.5 Å². The summed E-state index contributed by atoms with van der Waals surface area (Å²) in [6.07, 6.45) is 10.9. The van der Waals surface area contributed by atoms with Gasteiger partial charge in [-0.3, -0.25) is 19.3 Å². The molecule has 3 heterocycles. The average Bonchev–Trinajstić information content (AvgIpc) is 3.26. The number of sulfonamides is 1. The first-order valence-electron chi connectivity index (χ1n) is 14.0. The van der Waals surface area contributed by atoms with Crippen molar-refractivity contribution >= 4 is 56.3 Å². The zero-order chi connectivity index (χ0) is 28.8. The van der Waals surface area contributed by atoms with E-state index >= 15 is 0 Å². The number of benzene rings is 2. The maximum atomic E-state index is 13.4. The van der Waals surface area contributed by atoms with Crippen LogP contribution in [0.1, 0.15) is 44.1 Å². The number of nitrogens with zero attached hydrogens (tertiary/aromatic N) is 3. The van der Waals surface area contributed by atoms with Gasteiger partial charge in [-0.25, -0.2) is 8.42 Å². The Morgan fingerprint density at radius 1 is 0.902 bits per heavy atom. The molecule has 3 saturated heterocycles. The molecule has 0 aromatic heterocycles. The molecule has 2 aromatic rings. The fraction of sp³-hybridized carbons (Fsp3) is 0.367. The van der Waals surface area contributed by atoms with Crippen molar-refractivity contribution in [2.45, 2.75) is 43.4 Å². The van der Waals surface area contributed by atoms with Crippen LogP contribution in [0.5, 0.6) is 0 Å². The Bertz CT molecular complexity index is 1460. The molecule has 41 heavy (non-hydrogen) atoms. The third-order valence-electron chi connectivity index (χ3n) is 7.40. The van der Waals surface area contributed by atoms with Gasteiger partial charge in [-0.05, 0) is 73.7 Å². The highest BCUT2D eigenvalue weighted by atomic mass is 32.2. The van der Waals surface area contributed by atoms with Crippen LogP contribution < -0.4 is 10.2 Å². The number of hydrogen-bond donors (Lipinski definition) is 1. The molecule has 0 radical (unpaired) electrons. The summed E-state index contributed by atoms with van der Waals surface area (Å²) < 4.78 is 28.3. The lowest BCUT2D eigenvalue weighted by molar-refractivity contribution is -0.127. The minimum absolute atomic E-state index is 0.120. The number of carbonyl (C=O) groups excluding carboxylic acids is 3. The van der Waals surface area contributed by atoms with Gasteiger partial charge >= 0.3 is 0 Å². The van der Waals surface area contributed by atoms with Gasteiger partial charge in [0.15, 0.2) is 0 Å².